The molecule has 2 aliphatic heterocycles. The molecule has 0 spiro atoms. The maximum absolute atomic E-state index is 14.4. The Bertz CT molecular complexity index is 1080. The van der Waals surface area contributed by atoms with E-state index in [2.05, 4.69) is 20.3 Å². The third-order valence-corrected chi connectivity index (χ3v) is 5.63. The summed E-state index contributed by atoms with van der Waals surface area (Å²) in [5.74, 6) is -1.91. The highest BCUT2D eigenvalue weighted by atomic mass is 19.2. The standard InChI is InChI=1S/C21H21F3N6O/c22-17-4-2-15(10-19(17)24)30-13-25-21(27-30)26-14-1-3-18(23)20(9-14)29-11-16(12-29)28-5-7-31-8-6-28/h1-4,9-10,13,16H,5-8,11-12H2,(H,26,27). The Morgan fingerprint density at radius 1 is 0.935 bits per heavy atom. The average molecular weight is 430 g/mol. The normalized spacial score (nSPS) is 17.6. The molecule has 0 bridgehead atoms. The highest BCUT2D eigenvalue weighted by molar-refractivity contribution is 5.63. The molecular formula is C21H21F3N6O. The number of anilines is 3. The number of benzene rings is 2. The van der Waals surface area contributed by atoms with Crippen molar-refractivity contribution in [2.45, 2.75) is 6.04 Å². The summed E-state index contributed by atoms with van der Waals surface area (Å²) in [7, 11) is 0. The van der Waals surface area contributed by atoms with E-state index in [9.17, 15) is 13.2 Å². The maximum Gasteiger partial charge on any atom is 0.246 e. The van der Waals surface area contributed by atoms with Crippen molar-refractivity contribution in [3.8, 4) is 5.69 Å². The summed E-state index contributed by atoms with van der Waals surface area (Å²) in [6, 6.07) is 8.63. The second-order valence-electron chi connectivity index (χ2n) is 7.61. The first-order valence-corrected chi connectivity index (χ1v) is 10.1. The molecule has 7 nitrogen and oxygen atoms in total. The van der Waals surface area contributed by atoms with Gasteiger partial charge >= 0.3 is 0 Å². The summed E-state index contributed by atoms with van der Waals surface area (Å²) in [5.41, 5.74) is 1.50. The molecule has 162 valence electrons. The zero-order valence-electron chi connectivity index (χ0n) is 16.6. The molecule has 2 saturated heterocycles. The van der Waals surface area contributed by atoms with Gasteiger partial charge in [-0.2, -0.15) is 4.98 Å². The summed E-state index contributed by atoms with van der Waals surface area (Å²) in [5, 5.41) is 7.26. The Morgan fingerprint density at radius 3 is 2.48 bits per heavy atom. The van der Waals surface area contributed by atoms with E-state index in [1.54, 1.807) is 12.1 Å². The minimum Gasteiger partial charge on any atom is -0.379 e. The smallest absolute Gasteiger partial charge is 0.246 e. The van der Waals surface area contributed by atoms with E-state index < -0.39 is 11.6 Å². The van der Waals surface area contributed by atoms with Crippen LogP contribution in [0, 0.1) is 17.5 Å². The van der Waals surface area contributed by atoms with Crippen molar-refractivity contribution in [2.75, 3.05) is 49.6 Å². The Hall–Kier alpha value is -3.11. The van der Waals surface area contributed by atoms with Crippen LogP contribution in [0.5, 0.6) is 0 Å². The lowest BCUT2D eigenvalue weighted by Crippen LogP contribution is -2.61. The zero-order valence-corrected chi connectivity index (χ0v) is 16.6. The van der Waals surface area contributed by atoms with Gasteiger partial charge in [0.1, 0.15) is 12.1 Å². The first-order valence-electron chi connectivity index (χ1n) is 10.1. The van der Waals surface area contributed by atoms with Gasteiger partial charge in [0.05, 0.1) is 24.6 Å². The summed E-state index contributed by atoms with van der Waals surface area (Å²) >= 11 is 0. The molecular weight excluding hydrogens is 409 g/mol. The van der Waals surface area contributed by atoms with Gasteiger partial charge in [-0.05, 0) is 30.3 Å². The lowest BCUT2D eigenvalue weighted by Gasteiger charge is -2.47. The lowest BCUT2D eigenvalue weighted by atomic mass is 10.0. The predicted molar refractivity (Wildman–Crippen MR) is 109 cm³/mol. The van der Waals surface area contributed by atoms with Crippen LogP contribution in [-0.2, 0) is 4.74 Å². The van der Waals surface area contributed by atoms with Crippen LogP contribution in [-0.4, -0.2) is 65.1 Å². The maximum atomic E-state index is 14.4. The Kier molecular flexibility index (Phi) is 5.24. The van der Waals surface area contributed by atoms with E-state index in [0.717, 1.165) is 51.5 Å². The van der Waals surface area contributed by atoms with Crippen LogP contribution in [0.4, 0.5) is 30.5 Å². The molecule has 5 rings (SSSR count). The molecule has 2 aliphatic rings. The summed E-state index contributed by atoms with van der Waals surface area (Å²) in [4.78, 5) is 8.53. The van der Waals surface area contributed by atoms with Crippen LogP contribution < -0.4 is 10.2 Å². The fraction of sp³-hybridized carbons (Fsp3) is 0.333. The first kappa shape index (κ1) is 19.8. The number of halogens is 3. The Morgan fingerprint density at radius 2 is 1.71 bits per heavy atom. The first-order chi connectivity index (χ1) is 15.1. The van der Waals surface area contributed by atoms with Gasteiger partial charge in [-0.15, -0.1) is 5.10 Å². The molecule has 1 aromatic heterocycles. The number of hydrogen-bond donors (Lipinski definition) is 1. The second-order valence-corrected chi connectivity index (χ2v) is 7.61. The fourth-order valence-electron chi connectivity index (χ4n) is 3.86. The van der Waals surface area contributed by atoms with Crippen molar-refractivity contribution in [3.05, 3.63) is 60.2 Å². The van der Waals surface area contributed by atoms with E-state index in [4.69, 9.17) is 4.74 Å². The van der Waals surface area contributed by atoms with Gasteiger partial charge in [0, 0.05) is 44.0 Å². The fourth-order valence-corrected chi connectivity index (χ4v) is 3.86. The monoisotopic (exact) mass is 430 g/mol. The number of aromatic nitrogens is 3. The van der Waals surface area contributed by atoms with Crippen molar-refractivity contribution in [2.24, 2.45) is 0 Å². The van der Waals surface area contributed by atoms with Crippen molar-refractivity contribution in [1.29, 1.82) is 0 Å². The molecule has 0 unspecified atom stereocenters. The molecule has 2 fully saturated rings. The minimum atomic E-state index is -0.962. The van der Waals surface area contributed by atoms with Gasteiger partial charge in [-0.1, -0.05) is 0 Å². The Balaban J connectivity index is 1.27. The summed E-state index contributed by atoms with van der Waals surface area (Å²) in [6.45, 7) is 4.85. The number of hydrogen-bond acceptors (Lipinski definition) is 6. The third kappa shape index (κ3) is 4.08. The molecule has 1 N–H and O–H groups in total. The van der Waals surface area contributed by atoms with Crippen LogP contribution in [0.25, 0.3) is 5.69 Å². The molecule has 0 amide bonds. The molecule has 10 heteroatoms. The van der Waals surface area contributed by atoms with E-state index in [1.165, 1.54) is 23.1 Å². The van der Waals surface area contributed by atoms with Gasteiger partial charge < -0.3 is 15.0 Å². The van der Waals surface area contributed by atoms with Gasteiger partial charge in [0.25, 0.3) is 0 Å². The van der Waals surface area contributed by atoms with Crippen LogP contribution in [0.15, 0.2) is 42.7 Å². The molecule has 31 heavy (non-hydrogen) atoms. The molecule has 0 radical (unpaired) electrons. The lowest BCUT2D eigenvalue weighted by molar-refractivity contribution is 0.0104. The molecule has 3 heterocycles. The predicted octanol–water partition coefficient (Wildman–Crippen LogP) is 2.95. The molecule has 0 aliphatic carbocycles. The highest BCUT2D eigenvalue weighted by Crippen LogP contribution is 2.30. The summed E-state index contributed by atoms with van der Waals surface area (Å²) in [6.07, 6.45) is 1.39. The molecule has 3 aromatic rings. The highest BCUT2D eigenvalue weighted by Gasteiger charge is 2.33. The van der Waals surface area contributed by atoms with E-state index in [-0.39, 0.29) is 11.8 Å². The van der Waals surface area contributed by atoms with Crippen molar-refractivity contribution in [3.63, 3.8) is 0 Å². The van der Waals surface area contributed by atoms with Gasteiger partial charge in [-0.25, -0.2) is 17.9 Å². The molecule has 0 saturated carbocycles. The largest absolute Gasteiger partial charge is 0.379 e. The van der Waals surface area contributed by atoms with Crippen LogP contribution in [0.1, 0.15) is 0 Å². The van der Waals surface area contributed by atoms with Crippen molar-refractivity contribution in [1.82, 2.24) is 19.7 Å². The van der Waals surface area contributed by atoms with Crippen LogP contribution in [0.2, 0.25) is 0 Å². The van der Waals surface area contributed by atoms with E-state index in [1.807, 2.05) is 4.90 Å². The topological polar surface area (TPSA) is 58.5 Å². The van der Waals surface area contributed by atoms with Crippen molar-refractivity contribution < 1.29 is 17.9 Å². The molecule has 0 atom stereocenters. The minimum absolute atomic E-state index is 0.261. The second kappa shape index (κ2) is 8.20. The van der Waals surface area contributed by atoms with Crippen LogP contribution in [0.3, 0.4) is 0 Å². The van der Waals surface area contributed by atoms with Crippen molar-refractivity contribution >= 4 is 17.3 Å². The number of morpholine rings is 1. The van der Waals surface area contributed by atoms with Crippen LogP contribution >= 0.6 is 0 Å². The number of rotatable bonds is 5. The number of ether oxygens (including phenoxy) is 1. The number of nitrogens with zero attached hydrogens (tertiary/aromatic N) is 5. The van der Waals surface area contributed by atoms with Gasteiger partial charge in [0.2, 0.25) is 5.95 Å². The zero-order chi connectivity index (χ0) is 21.4. The SMILES string of the molecule is Fc1ccc(-n2cnc(Nc3ccc(F)c(N4CC(N5CCOCC5)C4)c3)n2)cc1F. The summed E-state index contributed by atoms with van der Waals surface area (Å²) < 4.78 is 47.8. The number of nitrogens with one attached hydrogen (secondary N) is 1. The Labute approximate surface area is 177 Å². The van der Waals surface area contributed by atoms with E-state index >= 15 is 0 Å². The third-order valence-electron chi connectivity index (χ3n) is 5.63. The van der Waals surface area contributed by atoms with Gasteiger partial charge in [0.15, 0.2) is 11.6 Å². The average Bonchev–Trinajstić information content (AvgIpc) is 3.20. The molecule has 2 aromatic carbocycles. The quantitative estimate of drug-likeness (QED) is 0.672. The van der Waals surface area contributed by atoms with Gasteiger partial charge in [-0.3, -0.25) is 4.90 Å². The van der Waals surface area contributed by atoms with E-state index in [0.29, 0.717) is 23.1 Å².